The monoisotopic (exact) mass is 389 g/mol. The van der Waals surface area contributed by atoms with Crippen LogP contribution in [0, 0.1) is 0 Å². The van der Waals surface area contributed by atoms with Gasteiger partial charge in [0.15, 0.2) is 6.61 Å². The fourth-order valence-electron chi connectivity index (χ4n) is 3.61. The van der Waals surface area contributed by atoms with Crippen molar-refractivity contribution in [1.29, 1.82) is 0 Å². The number of aromatic nitrogens is 3. The van der Waals surface area contributed by atoms with E-state index in [9.17, 15) is 13.6 Å². The van der Waals surface area contributed by atoms with E-state index in [1.54, 1.807) is 10.9 Å². The number of aryl methyl sites for hydroxylation is 1. The highest BCUT2D eigenvalue weighted by Crippen LogP contribution is 2.36. The molecule has 1 fully saturated rings. The highest BCUT2D eigenvalue weighted by Gasteiger charge is 2.26. The predicted molar refractivity (Wildman–Crippen MR) is 100 cm³/mol. The lowest BCUT2D eigenvalue weighted by Gasteiger charge is -2.36. The smallest absolute Gasteiger partial charge is 0.410 e. The third-order valence-corrected chi connectivity index (χ3v) is 5.01. The quantitative estimate of drug-likeness (QED) is 0.804. The van der Waals surface area contributed by atoms with E-state index < -0.39 is 19.1 Å². The van der Waals surface area contributed by atoms with Crippen molar-refractivity contribution < 1.29 is 18.3 Å². The molecule has 0 atom stereocenters. The normalized spacial score (nSPS) is 16.4. The molecule has 7 nitrogen and oxygen atoms in total. The van der Waals surface area contributed by atoms with Crippen LogP contribution in [0.15, 0.2) is 24.7 Å². The summed E-state index contributed by atoms with van der Waals surface area (Å²) in [6.45, 7) is 1.21. The number of rotatable bonds is 4. The summed E-state index contributed by atoms with van der Waals surface area (Å²) in [6.07, 6.45) is 5.22. The van der Waals surface area contributed by atoms with Crippen LogP contribution < -0.4 is 4.90 Å². The Morgan fingerprint density at radius 3 is 2.75 bits per heavy atom. The summed E-state index contributed by atoms with van der Waals surface area (Å²) in [5.74, 6) is 0. The van der Waals surface area contributed by atoms with Gasteiger partial charge < -0.3 is 14.5 Å². The number of ether oxygens (including phenoxy) is 1. The van der Waals surface area contributed by atoms with Gasteiger partial charge in [-0.15, -0.1) is 0 Å². The number of carbonyl (C=O) groups is 1. The highest BCUT2D eigenvalue weighted by atomic mass is 19.3. The number of carbonyl (C=O) groups excluding carboxylic acids is 1. The first-order chi connectivity index (χ1) is 13.5. The molecule has 0 unspecified atom stereocenters. The van der Waals surface area contributed by atoms with E-state index in [1.165, 1.54) is 10.5 Å². The van der Waals surface area contributed by atoms with Crippen molar-refractivity contribution in [3.05, 3.63) is 41.5 Å². The summed E-state index contributed by atoms with van der Waals surface area (Å²) in [4.78, 5) is 20.0. The molecule has 2 aromatic heterocycles. The van der Waals surface area contributed by atoms with E-state index in [4.69, 9.17) is 0 Å². The van der Waals surface area contributed by atoms with Gasteiger partial charge in [-0.05, 0) is 17.7 Å². The lowest BCUT2D eigenvalue weighted by atomic mass is 10.1. The third-order valence-electron chi connectivity index (χ3n) is 5.01. The molecule has 0 spiro atoms. The van der Waals surface area contributed by atoms with Gasteiger partial charge in [0.1, 0.15) is 0 Å². The Hall–Kier alpha value is -2.97. The van der Waals surface area contributed by atoms with Crippen LogP contribution in [0.4, 0.5) is 19.3 Å². The second kappa shape index (κ2) is 7.57. The summed E-state index contributed by atoms with van der Waals surface area (Å²) in [6, 6.07) is 1.98. The molecule has 0 radical (unpaired) electrons. The molecule has 3 heterocycles. The molecule has 28 heavy (non-hydrogen) atoms. The lowest BCUT2D eigenvalue weighted by molar-refractivity contribution is 0.0311. The number of pyridine rings is 1. The topological polar surface area (TPSA) is 63.5 Å². The van der Waals surface area contributed by atoms with Gasteiger partial charge in [-0.25, -0.2) is 13.6 Å². The maximum Gasteiger partial charge on any atom is 0.410 e. The van der Waals surface area contributed by atoms with Crippen LogP contribution in [0.25, 0.3) is 11.6 Å². The number of hydrogen-bond acceptors (Lipinski definition) is 5. The van der Waals surface area contributed by atoms with E-state index in [0.717, 1.165) is 28.9 Å². The average Bonchev–Trinajstić information content (AvgIpc) is 3.32. The van der Waals surface area contributed by atoms with E-state index in [1.807, 2.05) is 25.5 Å². The standard InChI is InChI=1S/C19H21F2N5O2/c1-24-11-14(10-23-24)13-8-15-16(9-13)22-3-2-17(15)25-4-6-26(7-5-25)19(27)28-12-18(20)21/h2-3,8,10-11,18H,4-7,9,12H2,1H3. The van der Waals surface area contributed by atoms with Gasteiger partial charge in [-0.3, -0.25) is 9.67 Å². The van der Waals surface area contributed by atoms with Crippen LogP contribution in [0.5, 0.6) is 0 Å². The number of alkyl halides is 2. The minimum Gasteiger partial charge on any atom is -0.443 e. The molecule has 0 bridgehead atoms. The van der Waals surface area contributed by atoms with Crippen LogP contribution in [0.3, 0.4) is 0 Å². The molecule has 2 aromatic rings. The highest BCUT2D eigenvalue weighted by molar-refractivity contribution is 5.91. The Labute approximate surface area is 161 Å². The van der Waals surface area contributed by atoms with Crippen LogP contribution in [0.2, 0.25) is 0 Å². The maximum absolute atomic E-state index is 12.2. The lowest BCUT2D eigenvalue weighted by Crippen LogP contribution is -2.49. The third kappa shape index (κ3) is 3.69. The Bertz CT molecular complexity index is 903. The summed E-state index contributed by atoms with van der Waals surface area (Å²) >= 11 is 0. The van der Waals surface area contributed by atoms with Gasteiger partial charge in [-0.1, -0.05) is 0 Å². The number of hydrogen-bond donors (Lipinski definition) is 0. The minimum atomic E-state index is -2.65. The number of amides is 1. The Morgan fingerprint density at radius 1 is 1.29 bits per heavy atom. The number of allylic oxidation sites excluding steroid dienone is 1. The molecular formula is C19H21F2N5O2. The van der Waals surface area contributed by atoms with Gasteiger partial charge in [0.25, 0.3) is 6.43 Å². The largest absolute Gasteiger partial charge is 0.443 e. The molecule has 0 N–H and O–H groups in total. The molecule has 148 valence electrons. The van der Waals surface area contributed by atoms with E-state index in [0.29, 0.717) is 26.2 Å². The Kier molecular flexibility index (Phi) is 4.97. The number of piperazine rings is 1. The van der Waals surface area contributed by atoms with Crippen molar-refractivity contribution in [1.82, 2.24) is 19.7 Å². The number of fused-ring (bicyclic) bond motifs is 1. The summed E-state index contributed by atoms with van der Waals surface area (Å²) in [7, 11) is 1.89. The first-order valence-corrected chi connectivity index (χ1v) is 9.13. The van der Waals surface area contributed by atoms with Crippen LogP contribution in [0.1, 0.15) is 16.8 Å². The molecule has 1 aliphatic heterocycles. The molecular weight excluding hydrogens is 368 g/mol. The Morgan fingerprint density at radius 2 is 2.07 bits per heavy atom. The van der Waals surface area contributed by atoms with E-state index >= 15 is 0 Å². The summed E-state index contributed by atoms with van der Waals surface area (Å²) in [5.41, 5.74) is 5.45. The van der Waals surface area contributed by atoms with Crippen molar-refractivity contribution in [3.8, 4) is 0 Å². The van der Waals surface area contributed by atoms with Gasteiger partial charge in [-0.2, -0.15) is 5.10 Å². The molecule has 2 aliphatic rings. The SMILES string of the molecule is Cn1cc(C2=Cc3c(N4CCN(C(=O)OCC(F)F)CC4)ccnc3C2)cn1. The predicted octanol–water partition coefficient (Wildman–Crippen LogP) is 2.44. The zero-order valence-electron chi connectivity index (χ0n) is 15.5. The maximum atomic E-state index is 12.2. The molecule has 0 saturated carbocycles. The first-order valence-electron chi connectivity index (χ1n) is 9.13. The van der Waals surface area contributed by atoms with E-state index in [-0.39, 0.29) is 0 Å². The number of anilines is 1. The van der Waals surface area contributed by atoms with Crippen LogP contribution in [-0.2, 0) is 18.2 Å². The average molecular weight is 389 g/mol. The molecule has 1 aliphatic carbocycles. The zero-order valence-corrected chi connectivity index (χ0v) is 15.5. The van der Waals surface area contributed by atoms with Gasteiger partial charge >= 0.3 is 6.09 Å². The van der Waals surface area contributed by atoms with Gasteiger partial charge in [0, 0.05) is 68.9 Å². The fourth-order valence-corrected chi connectivity index (χ4v) is 3.61. The van der Waals surface area contributed by atoms with Crippen molar-refractivity contribution >= 4 is 23.4 Å². The minimum absolute atomic E-state index is 0.429. The van der Waals surface area contributed by atoms with Crippen molar-refractivity contribution in [2.24, 2.45) is 7.05 Å². The fraction of sp³-hybridized carbons (Fsp3) is 0.421. The second-order valence-electron chi connectivity index (χ2n) is 6.88. The molecule has 9 heteroatoms. The molecule has 1 saturated heterocycles. The summed E-state index contributed by atoms with van der Waals surface area (Å²) in [5, 5.41) is 4.24. The Balaban J connectivity index is 1.45. The number of halogens is 2. The van der Waals surface area contributed by atoms with Gasteiger partial charge in [0.05, 0.1) is 11.9 Å². The summed E-state index contributed by atoms with van der Waals surface area (Å²) < 4.78 is 30.8. The van der Waals surface area contributed by atoms with Gasteiger partial charge in [0.2, 0.25) is 0 Å². The molecule has 4 rings (SSSR count). The molecule has 1 amide bonds. The van der Waals surface area contributed by atoms with Crippen molar-refractivity contribution in [2.75, 3.05) is 37.7 Å². The number of nitrogens with zero attached hydrogens (tertiary/aromatic N) is 5. The van der Waals surface area contributed by atoms with Crippen molar-refractivity contribution in [2.45, 2.75) is 12.8 Å². The van der Waals surface area contributed by atoms with Crippen LogP contribution in [-0.4, -0.2) is 65.0 Å². The van der Waals surface area contributed by atoms with Crippen LogP contribution >= 0.6 is 0 Å². The second-order valence-corrected chi connectivity index (χ2v) is 6.88. The van der Waals surface area contributed by atoms with E-state index in [2.05, 4.69) is 25.8 Å². The molecule has 0 aromatic carbocycles. The first kappa shape index (κ1) is 18.4. The zero-order chi connectivity index (χ0) is 19.7. The van der Waals surface area contributed by atoms with Crippen molar-refractivity contribution in [3.63, 3.8) is 0 Å².